The molecule has 88 valence electrons. The van der Waals surface area contributed by atoms with Crippen molar-refractivity contribution in [3.05, 3.63) is 35.4 Å². The molecule has 0 bridgehead atoms. The van der Waals surface area contributed by atoms with Crippen LogP contribution in [0.5, 0.6) is 0 Å². The predicted molar refractivity (Wildman–Crippen MR) is 62.5 cm³/mol. The molecule has 0 fully saturated rings. The minimum absolute atomic E-state index is 0.433. The number of aryl methyl sites for hydroxylation is 1. The monoisotopic (exact) mass is 222 g/mol. The van der Waals surface area contributed by atoms with Gasteiger partial charge in [-0.25, -0.2) is 4.79 Å². The molecule has 3 nitrogen and oxygen atoms in total. The van der Waals surface area contributed by atoms with Crippen molar-refractivity contribution in [2.24, 2.45) is 0 Å². The van der Waals surface area contributed by atoms with Crippen molar-refractivity contribution >= 4 is 5.97 Å². The molecule has 0 heterocycles. The molecular formula is C13H18O3. The molecule has 0 spiro atoms. The van der Waals surface area contributed by atoms with Crippen LogP contribution in [0.1, 0.15) is 24.5 Å². The maximum Gasteiger partial charge on any atom is 0.333 e. The molecule has 1 rings (SSSR count). The maximum absolute atomic E-state index is 11.0. The second-order valence-corrected chi connectivity index (χ2v) is 3.83. The molecule has 0 aliphatic rings. The second-order valence-electron chi connectivity index (χ2n) is 3.83. The highest BCUT2D eigenvalue weighted by Crippen LogP contribution is 2.11. The third-order valence-corrected chi connectivity index (χ3v) is 2.47. The van der Waals surface area contributed by atoms with Gasteiger partial charge in [0.25, 0.3) is 0 Å². The quantitative estimate of drug-likeness (QED) is 0.804. The molecule has 0 unspecified atom stereocenters. The van der Waals surface area contributed by atoms with Crippen molar-refractivity contribution in [1.82, 2.24) is 0 Å². The van der Waals surface area contributed by atoms with Crippen LogP contribution in [-0.4, -0.2) is 23.8 Å². The summed E-state index contributed by atoms with van der Waals surface area (Å²) in [5, 5.41) is 9.03. The first-order valence-electron chi connectivity index (χ1n) is 5.54. The minimum Gasteiger partial charge on any atom is -0.479 e. The van der Waals surface area contributed by atoms with E-state index in [0.717, 1.165) is 17.5 Å². The predicted octanol–water partition coefficient (Wildman–Crippen LogP) is 2.42. The smallest absolute Gasteiger partial charge is 0.333 e. The number of aliphatic carboxylic acids is 1. The van der Waals surface area contributed by atoms with E-state index in [4.69, 9.17) is 9.84 Å². The van der Waals surface area contributed by atoms with Gasteiger partial charge in [0.15, 0.2) is 6.10 Å². The lowest BCUT2D eigenvalue weighted by molar-refractivity contribution is -0.150. The van der Waals surface area contributed by atoms with Gasteiger partial charge in [0.05, 0.1) is 0 Å². The molecule has 16 heavy (non-hydrogen) atoms. The van der Waals surface area contributed by atoms with Crippen LogP contribution in [0.15, 0.2) is 24.3 Å². The molecule has 0 saturated carbocycles. The largest absolute Gasteiger partial charge is 0.479 e. The van der Waals surface area contributed by atoms with Gasteiger partial charge in [0.2, 0.25) is 0 Å². The van der Waals surface area contributed by atoms with Crippen LogP contribution in [-0.2, 0) is 16.0 Å². The van der Waals surface area contributed by atoms with E-state index in [1.54, 1.807) is 0 Å². The number of carbonyl (C=O) groups is 1. The Labute approximate surface area is 96.1 Å². The van der Waals surface area contributed by atoms with Crippen molar-refractivity contribution in [3.8, 4) is 0 Å². The Balaban J connectivity index is 2.68. The van der Waals surface area contributed by atoms with E-state index in [0.29, 0.717) is 13.0 Å². The first-order chi connectivity index (χ1) is 7.65. The lowest BCUT2D eigenvalue weighted by Crippen LogP contribution is -2.27. The first kappa shape index (κ1) is 12.7. The minimum atomic E-state index is -0.892. The Bertz CT molecular complexity index is 347. The van der Waals surface area contributed by atoms with Gasteiger partial charge in [-0.05, 0) is 24.5 Å². The van der Waals surface area contributed by atoms with Crippen molar-refractivity contribution in [2.45, 2.75) is 32.8 Å². The van der Waals surface area contributed by atoms with Crippen molar-refractivity contribution in [1.29, 1.82) is 0 Å². The van der Waals surface area contributed by atoms with Crippen LogP contribution in [0.4, 0.5) is 0 Å². The lowest BCUT2D eigenvalue weighted by Gasteiger charge is -2.14. The molecule has 1 aromatic carbocycles. The van der Waals surface area contributed by atoms with E-state index >= 15 is 0 Å². The maximum atomic E-state index is 11.0. The van der Waals surface area contributed by atoms with E-state index < -0.39 is 12.1 Å². The van der Waals surface area contributed by atoms with E-state index in [-0.39, 0.29) is 0 Å². The number of benzene rings is 1. The summed E-state index contributed by atoms with van der Waals surface area (Å²) < 4.78 is 5.31. The Morgan fingerprint density at radius 1 is 1.44 bits per heavy atom. The molecule has 0 aliphatic heterocycles. The Hall–Kier alpha value is -1.35. The normalized spacial score (nSPS) is 12.4. The van der Waals surface area contributed by atoms with Gasteiger partial charge < -0.3 is 9.84 Å². The van der Waals surface area contributed by atoms with Gasteiger partial charge in [-0.1, -0.05) is 31.2 Å². The molecule has 0 amide bonds. The third-order valence-electron chi connectivity index (χ3n) is 2.47. The molecule has 0 saturated heterocycles. The van der Waals surface area contributed by atoms with Gasteiger partial charge in [-0.15, -0.1) is 0 Å². The van der Waals surface area contributed by atoms with Gasteiger partial charge in [0, 0.05) is 13.0 Å². The van der Waals surface area contributed by atoms with Gasteiger partial charge in [-0.2, -0.15) is 0 Å². The number of carboxylic acid groups (broad SMARTS) is 1. The highest BCUT2D eigenvalue weighted by Gasteiger charge is 2.18. The topological polar surface area (TPSA) is 46.5 Å². The highest BCUT2D eigenvalue weighted by molar-refractivity contribution is 5.72. The Kier molecular flexibility index (Phi) is 4.99. The van der Waals surface area contributed by atoms with E-state index in [1.807, 2.05) is 38.1 Å². The summed E-state index contributed by atoms with van der Waals surface area (Å²) in [5.74, 6) is -0.892. The molecule has 1 atom stereocenters. The zero-order chi connectivity index (χ0) is 12.0. The molecule has 3 heteroatoms. The molecular weight excluding hydrogens is 204 g/mol. The average Bonchev–Trinajstić information content (AvgIpc) is 2.26. The fourth-order valence-electron chi connectivity index (χ4n) is 1.52. The van der Waals surface area contributed by atoms with Crippen molar-refractivity contribution in [2.75, 3.05) is 6.61 Å². The van der Waals surface area contributed by atoms with Crippen LogP contribution in [0.25, 0.3) is 0 Å². The summed E-state index contributed by atoms with van der Waals surface area (Å²) in [6.45, 7) is 4.43. The first-order valence-corrected chi connectivity index (χ1v) is 5.54. The van der Waals surface area contributed by atoms with Crippen LogP contribution in [0.3, 0.4) is 0 Å². The SMILES string of the molecule is CCCO[C@H](Cc1ccccc1C)C(=O)O. The molecule has 0 radical (unpaired) electrons. The fourth-order valence-corrected chi connectivity index (χ4v) is 1.52. The van der Waals surface area contributed by atoms with Crippen LogP contribution in [0.2, 0.25) is 0 Å². The summed E-state index contributed by atoms with van der Waals surface area (Å²) >= 11 is 0. The average molecular weight is 222 g/mol. The summed E-state index contributed by atoms with van der Waals surface area (Å²) in [6.07, 6.45) is 0.528. The zero-order valence-corrected chi connectivity index (χ0v) is 9.77. The van der Waals surface area contributed by atoms with Crippen LogP contribution in [0, 0.1) is 6.92 Å². The summed E-state index contributed by atoms with van der Waals surface area (Å²) in [7, 11) is 0. The van der Waals surface area contributed by atoms with Crippen LogP contribution < -0.4 is 0 Å². The summed E-state index contributed by atoms with van der Waals surface area (Å²) in [4.78, 5) is 11.0. The fraction of sp³-hybridized carbons (Fsp3) is 0.462. The molecule has 0 aliphatic carbocycles. The van der Waals surface area contributed by atoms with Crippen LogP contribution >= 0.6 is 0 Å². The van der Waals surface area contributed by atoms with Gasteiger partial charge in [-0.3, -0.25) is 0 Å². The van der Waals surface area contributed by atoms with Crippen molar-refractivity contribution in [3.63, 3.8) is 0 Å². The number of hydrogen-bond donors (Lipinski definition) is 1. The summed E-state index contributed by atoms with van der Waals surface area (Å²) in [5.41, 5.74) is 2.14. The van der Waals surface area contributed by atoms with Gasteiger partial charge >= 0.3 is 5.97 Å². The van der Waals surface area contributed by atoms with E-state index in [9.17, 15) is 4.79 Å². The highest BCUT2D eigenvalue weighted by atomic mass is 16.5. The third kappa shape index (κ3) is 3.66. The molecule has 0 aromatic heterocycles. The summed E-state index contributed by atoms with van der Waals surface area (Å²) in [6, 6.07) is 7.79. The number of ether oxygens (including phenoxy) is 1. The van der Waals surface area contributed by atoms with E-state index in [1.165, 1.54) is 0 Å². The van der Waals surface area contributed by atoms with E-state index in [2.05, 4.69) is 0 Å². The second kappa shape index (κ2) is 6.28. The number of carboxylic acids is 1. The zero-order valence-electron chi connectivity index (χ0n) is 9.77. The van der Waals surface area contributed by atoms with Gasteiger partial charge in [0.1, 0.15) is 0 Å². The Morgan fingerprint density at radius 3 is 2.69 bits per heavy atom. The van der Waals surface area contributed by atoms with Crippen molar-refractivity contribution < 1.29 is 14.6 Å². The molecule has 1 aromatic rings. The Morgan fingerprint density at radius 2 is 2.12 bits per heavy atom. The lowest BCUT2D eigenvalue weighted by atomic mass is 10.0. The number of hydrogen-bond acceptors (Lipinski definition) is 2. The number of rotatable bonds is 6. The molecule has 1 N–H and O–H groups in total. The standard InChI is InChI=1S/C13H18O3/c1-3-8-16-12(13(14)15)9-11-7-5-4-6-10(11)2/h4-7,12H,3,8-9H2,1-2H3,(H,14,15)/t12-/m1/s1.